The summed E-state index contributed by atoms with van der Waals surface area (Å²) in [5, 5.41) is 0. The third kappa shape index (κ3) is 2.55. The standard InChI is InChI=1S/C14H21N3O2S/c1-11-2-5-13(10-14(11)15)20(18,19)17-8-6-16(7-9-17)12-3-4-12/h2,5,10,12H,3-4,6-9,15H2,1H3. The minimum Gasteiger partial charge on any atom is -0.398 e. The number of piperazine rings is 1. The zero-order valence-electron chi connectivity index (χ0n) is 11.7. The van der Waals surface area contributed by atoms with Crippen molar-refractivity contribution in [2.45, 2.75) is 30.7 Å². The van der Waals surface area contributed by atoms with E-state index in [0.29, 0.717) is 29.7 Å². The normalized spacial score (nSPS) is 22.1. The maximum absolute atomic E-state index is 12.6. The second kappa shape index (κ2) is 5.02. The van der Waals surface area contributed by atoms with Gasteiger partial charge in [0.05, 0.1) is 4.90 Å². The van der Waals surface area contributed by atoms with Gasteiger partial charge in [-0.2, -0.15) is 4.31 Å². The lowest BCUT2D eigenvalue weighted by atomic mass is 10.2. The van der Waals surface area contributed by atoms with Crippen molar-refractivity contribution in [3.63, 3.8) is 0 Å². The van der Waals surface area contributed by atoms with E-state index in [1.165, 1.54) is 12.8 Å². The summed E-state index contributed by atoms with van der Waals surface area (Å²) in [4.78, 5) is 2.70. The lowest BCUT2D eigenvalue weighted by molar-refractivity contribution is 0.180. The zero-order chi connectivity index (χ0) is 14.3. The van der Waals surface area contributed by atoms with Gasteiger partial charge in [-0.25, -0.2) is 8.42 Å². The molecule has 0 amide bonds. The van der Waals surface area contributed by atoms with Crippen LogP contribution in [0, 0.1) is 6.92 Å². The van der Waals surface area contributed by atoms with E-state index >= 15 is 0 Å². The van der Waals surface area contributed by atoms with Gasteiger partial charge >= 0.3 is 0 Å². The highest BCUT2D eigenvalue weighted by Gasteiger charge is 2.34. The van der Waals surface area contributed by atoms with Gasteiger partial charge in [-0.15, -0.1) is 0 Å². The number of anilines is 1. The Morgan fingerprint density at radius 2 is 1.80 bits per heavy atom. The Morgan fingerprint density at radius 1 is 1.15 bits per heavy atom. The van der Waals surface area contributed by atoms with Crippen molar-refractivity contribution in [1.29, 1.82) is 0 Å². The van der Waals surface area contributed by atoms with Gasteiger partial charge in [0.1, 0.15) is 0 Å². The predicted molar refractivity (Wildman–Crippen MR) is 78.9 cm³/mol. The van der Waals surface area contributed by atoms with Gasteiger partial charge in [0, 0.05) is 37.9 Å². The number of hydrogen-bond donors (Lipinski definition) is 1. The summed E-state index contributed by atoms with van der Waals surface area (Å²) >= 11 is 0. The van der Waals surface area contributed by atoms with Gasteiger partial charge in [-0.3, -0.25) is 4.90 Å². The molecular weight excluding hydrogens is 274 g/mol. The van der Waals surface area contributed by atoms with Crippen LogP contribution in [0.15, 0.2) is 23.1 Å². The van der Waals surface area contributed by atoms with Gasteiger partial charge in [-0.05, 0) is 37.5 Å². The second-order valence-corrected chi connectivity index (χ2v) is 7.63. The van der Waals surface area contributed by atoms with E-state index in [1.807, 2.05) is 6.92 Å². The fourth-order valence-corrected chi connectivity index (χ4v) is 4.13. The molecule has 1 aromatic carbocycles. The zero-order valence-corrected chi connectivity index (χ0v) is 12.6. The van der Waals surface area contributed by atoms with E-state index in [-0.39, 0.29) is 0 Å². The fraction of sp³-hybridized carbons (Fsp3) is 0.571. The Hall–Kier alpha value is -1.11. The molecule has 3 rings (SSSR count). The van der Waals surface area contributed by atoms with Crippen molar-refractivity contribution in [1.82, 2.24) is 9.21 Å². The number of aryl methyl sites for hydroxylation is 1. The molecule has 1 aromatic rings. The van der Waals surface area contributed by atoms with Crippen molar-refractivity contribution >= 4 is 15.7 Å². The molecule has 5 nitrogen and oxygen atoms in total. The first-order chi connectivity index (χ1) is 9.48. The Labute approximate surface area is 120 Å². The number of nitrogens with two attached hydrogens (primary N) is 1. The third-order valence-corrected chi connectivity index (χ3v) is 6.12. The minimum absolute atomic E-state index is 0.306. The van der Waals surface area contributed by atoms with Gasteiger partial charge in [0.2, 0.25) is 10.0 Å². The van der Waals surface area contributed by atoms with Crippen molar-refractivity contribution in [3.05, 3.63) is 23.8 Å². The van der Waals surface area contributed by atoms with Crippen molar-refractivity contribution in [3.8, 4) is 0 Å². The molecule has 0 aromatic heterocycles. The highest BCUT2D eigenvalue weighted by Crippen LogP contribution is 2.29. The molecule has 2 N–H and O–H groups in total. The van der Waals surface area contributed by atoms with Crippen molar-refractivity contribution in [2.24, 2.45) is 0 Å². The molecule has 20 heavy (non-hydrogen) atoms. The number of nitrogen functional groups attached to an aromatic ring is 1. The second-order valence-electron chi connectivity index (χ2n) is 5.69. The Balaban J connectivity index is 1.76. The summed E-state index contributed by atoms with van der Waals surface area (Å²) in [5.41, 5.74) is 7.26. The average Bonchev–Trinajstić information content (AvgIpc) is 3.26. The molecule has 1 aliphatic heterocycles. The number of sulfonamides is 1. The summed E-state index contributed by atoms with van der Waals surface area (Å²) in [5.74, 6) is 0. The Morgan fingerprint density at radius 3 is 2.35 bits per heavy atom. The average molecular weight is 295 g/mol. The first-order valence-corrected chi connectivity index (χ1v) is 8.53. The fourth-order valence-electron chi connectivity index (χ4n) is 2.68. The van der Waals surface area contributed by atoms with E-state index in [2.05, 4.69) is 4.90 Å². The summed E-state index contributed by atoms with van der Waals surface area (Å²) in [6.45, 7) is 4.70. The van der Waals surface area contributed by atoms with Crippen LogP contribution in [-0.2, 0) is 10.0 Å². The summed E-state index contributed by atoms with van der Waals surface area (Å²) < 4.78 is 26.8. The van der Waals surface area contributed by atoms with Crippen LogP contribution in [0.5, 0.6) is 0 Å². The van der Waals surface area contributed by atoms with E-state index in [4.69, 9.17) is 5.73 Å². The molecule has 1 heterocycles. The molecule has 0 unspecified atom stereocenters. The van der Waals surface area contributed by atoms with E-state index in [0.717, 1.165) is 18.7 Å². The van der Waals surface area contributed by atoms with E-state index < -0.39 is 10.0 Å². The lowest BCUT2D eigenvalue weighted by Crippen LogP contribution is -2.49. The molecule has 0 radical (unpaired) electrons. The van der Waals surface area contributed by atoms with Crippen molar-refractivity contribution in [2.75, 3.05) is 31.9 Å². The monoisotopic (exact) mass is 295 g/mol. The topological polar surface area (TPSA) is 66.6 Å². The summed E-state index contributed by atoms with van der Waals surface area (Å²) in [6.07, 6.45) is 2.53. The van der Waals surface area contributed by atoms with Crippen LogP contribution < -0.4 is 5.73 Å². The third-order valence-electron chi connectivity index (χ3n) is 4.22. The molecule has 2 aliphatic rings. The molecule has 0 spiro atoms. The van der Waals surface area contributed by atoms with Gasteiger partial charge in [-0.1, -0.05) is 6.07 Å². The molecule has 1 aliphatic carbocycles. The SMILES string of the molecule is Cc1ccc(S(=O)(=O)N2CCN(C3CC3)CC2)cc1N. The number of nitrogens with zero attached hydrogens (tertiary/aromatic N) is 2. The first kappa shape index (κ1) is 13.9. The van der Waals surface area contributed by atoms with Gasteiger partial charge < -0.3 is 5.73 Å². The van der Waals surface area contributed by atoms with E-state index in [9.17, 15) is 8.42 Å². The predicted octanol–water partition coefficient (Wildman–Crippen LogP) is 1.05. The molecule has 6 heteroatoms. The highest BCUT2D eigenvalue weighted by atomic mass is 32.2. The molecule has 110 valence electrons. The molecule has 1 saturated heterocycles. The Kier molecular flexibility index (Phi) is 3.48. The maximum Gasteiger partial charge on any atom is 0.243 e. The molecule has 2 fully saturated rings. The van der Waals surface area contributed by atoms with Crippen LogP contribution in [-0.4, -0.2) is 49.8 Å². The van der Waals surface area contributed by atoms with Crippen molar-refractivity contribution < 1.29 is 8.42 Å². The molecule has 1 saturated carbocycles. The van der Waals surface area contributed by atoms with Gasteiger partial charge in [0.25, 0.3) is 0 Å². The summed E-state index contributed by atoms with van der Waals surface area (Å²) in [6, 6.07) is 5.68. The van der Waals surface area contributed by atoms with Crippen LogP contribution in [0.3, 0.4) is 0 Å². The lowest BCUT2D eigenvalue weighted by Gasteiger charge is -2.34. The molecular formula is C14H21N3O2S. The smallest absolute Gasteiger partial charge is 0.243 e. The quantitative estimate of drug-likeness (QED) is 0.846. The maximum atomic E-state index is 12.6. The number of hydrogen-bond acceptors (Lipinski definition) is 4. The van der Waals surface area contributed by atoms with Crippen LogP contribution >= 0.6 is 0 Å². The largest absolute Gasteiger partial charge is 0.398 e. The van der Waals surface area contributed by atoms with E-state index in [1.54, 1.807) is 22.5 Å². The number of rotatable bonds is 3. The Bertz CT molecular complexity index is 603. The number of benzene rings is 1. The molecule has 0 bridgehead atoms. The van der Waals surface area contributed by atoms with Crippen LogP contribution in [0.1, 0.15) is 18.4 Å². The molecule has 0 atom stereocenters. The van der Waals surface area contributed by atoms with Crippen LogP contribution in [0.4, 0.5) is 5.69 Å². The summed E-state index contributed by atoms with van der Waals surface area (Å²) in [7, 11) is -3.40. The minimum atomic E-state index is -3.40. The highest BCUT2D eigenvalue weighted by molar-refractivity contribution is 7.89. The van der Waals surface area contributed by atoms with Gasteiger partial charge in [0.15, 0.2) is 0 Å². The van der Waals surface area contributed by atoms with Crippen LogP contribution in [0.25, 0.3) is 0 Å². The first-order valence-electron chi connectivity index (χ1n) is 7.09. The van der Waals surface area contributed by atoms with Crippen LogP contribution in [0.2, 0.25) is 0 Å².